The summed E-state index contributed by atoms with van der Waals surface area (Å²) in [6.45, 7) is 4.44. The molecule has 0 aliphatic rings. The first-order valence-corrected chi connectivity index (χ1v) is 11.0. The van der Waals surface area contributed by atoms with E-state index in [0.717, 1.165) is 16.7 Å². The Morgan fingerprint density at radius 3 is 2.57 bits per heavy atom. The van der Waals surface area contributed by atoms with Gasteiger partial charge in [-0.2, -0.15) is 4.52 Å². The van der Waals surface area contributed by atoms with E-state index >= 15 is 0 Å². The molecule has 0 fully saturated rings. The van der Waals surface area contributed by atoms with Gasteiger partial charge in [0.05, 0.1) is 20.8 Å². The molecule has 2 aromatic carbocycles. The fourth-order valence-electron chi connectivity index (χ4n) is 3.43. The maximum Gasteiger partial charge on any atom is 0.258 e. The summed E-state index contributed by atoms with van der Waals surface area (Å²) in [6.07, 6.45) is 0. The quantitative estimate of drug-likeness (QED) is 0.347. The molecule has 4 aromatic rings. The third-order valence-electron chi connectivity index (χ3n) is 5.47. The van der Waals surface area contributed by atoms with Gasteiger partial charge in [-0.1, -0.05) is 12.1 Å². The molecule has 182 valence electrons. The molecule has 0 saturated carbocycles. The van der Waals surface area contributed by atoms with Gasteiger partial charge in [0.25, 0.3) is 5.91 Å². The van der Waals surface area contributed by atoms with Crippen LogP contribution in [0.15, 0.2) is 48.5 Å². The van der Waals surface area contributed by atoms with Crippen molar-refractivity contribution in [3.8, 4) is 34.5 Å². The highest BCUT2D eigenvalue weighted by Crippen LogP contribution is 2.31. The number of fused-ring (bicyclic) bond motifs is 1. The number of benzene rings is 2. The van der Waals surface area contributed by atoms with E-state index in [1.807, 2.05) is 38.1 Å². The van der Waals surface area contributed by atoms with E-state index in [0.29, 0.717) is 41.1 Å². The van der Waals surface area contributed by atoms with Crippen molar-refractivity contribution in [2.75, 3.05) is 34.0 Å². The minimum atomic E-state index is -0.229. The van der Waals surface area contributed by atoms with Crippen LogP contribution >= 0.6 is 0 Å². The lowest BCUT2D eigenvalue weighted by atomic mass is 10.1. The fourth-order valence-corrected chi connectivity index (χ4v) is 3.43. The Balaban J connectivity index is 1.34. The lowest BCUT2D eigenvalue weighted by molar-refractivity contribution is -0.123. The summed E-state index contributed by atoms with van der Waals surface area (Å²) < 4.78 is 23.6. The van der Waals surface area contributed by atoms with Crippen LogP contribution in [0.2, 0.25) is 0 Å². The minimum absolute atomic E-state index is 0.0656. The largest absolute Gasteiger partial charge is 0.493 e. The Morgan fingerprint density at radius 1 is 0.943 bits per heavy atom. The number of aryl methyl sites for hydroxylation is 1. The SMILES string of the molecule is COc1ccc(-c2nnc3ccc(OCCNC(=O)COc4cccc(C)c4C)nn23)cc1OC. The van der Waals surface area contributed by atoms with Gasteiger partial charge in [0.15, 0.2) is 29.6 Å². The Bertz CT molecular complexity index is 1340. The van der Waals surface area contributed by atoms with Crippen LogP contribution in [0.25, 0.3) is 17.0 Å². The van der Waals surface area contributed by atoms with Crippen LogP contribution in [0.4, 0.5) is 0 Å². The first kappa shape index (κ1) is 23.8. The number of ether oxygens (including phenoxy) is 4. The molecule has 0 saturated heterocycles. The number of rotatable bonds is 10. The van der Waals surface area contributed by atoms with E-state index in [-0.39, 0.29) is 19.1 Å². The Morgan fingerprint density at radius 2 is 1.77 bits per heavy atom. The van der Waals surface area contributed by atoms with Crippen LogP contribution in [0, 0.1) is 13.8 Å². The van der Waals surface area contributed by atoms with Gasteiger partial charge in [0.2, 0.25) is 5.88 Å². The lowest BCUT2D eigenvalue weighted by Crippen LogP contribution is -2.32. The molecule has 0 unspecified atom stereocenters. The molecule has 1 amide bonds. The van der Waals surface area contributed by atoms with Crippen molar-refractivity contribution < 1.29 is 23.7 Å². The Labute approximate surface area is 202 Å². The summed E-state index contributed by atoms with van der Waals surface area (Å²) in [7, 11) is 3.15. The molecule has 10 nitrogen and oxygen atoms in total. The minimum Gasteiger partial charge on any atom is -0.493 e. The number of amides is 1. The van der Waals surface area contributed by atoms with Gasteiger partial charge in [-0.25, -0.2) is 0 Å². The van der Waals surface area contributed by atoms with Gasteiger partial charge >= 0.3 is 0 Å². The third kappa shape index (κ3) is 5.43. The third-order valence-corrected chi connectivity index (χ3v) is 5.47. The number of nitrogens with one attached hydrogen (secondary N) is 1. The van der Waals surface area contributed by atoms with Crippen LogP contribution < -0.4 is 24.3 Å². The molecule has 0 aliphatic heterocycles. The molecule has 10 heteroatoms. The first-order chi connectivity index (χ1) is 17.0. The van der Waals surface area contributed by atoms with E-state index in [9.17, 15) is 4.79 Å². The van der Waals surface area contributed by atoms with Crippen molar-refractivity contribution in [3.63, 3.8) is 0 Å². The van der Waals surface area contributed by atoms with Gasteiger partial charge < -0.3 is 24.3 Å². The van der Waals surface area contributed by atoms with E-state index in [2.05, 4.69) is 20.6 Å². The summed E-state index contributed by atoms with van der Waals surface area (Å²) in [6, 6.07) is 14.7. The Kier molecular flexibility index (Phi) is 7.30. The van der Waals surface area contributed by atoms with Gasteiger partial charge in [-0.05, 0) is 55.3 Å². The molecule has 1 N–H and O–H groups in total. The number of carbonyl (C=O) groups excluding carboxylic acids is 1. The highest BCUT2D eigenvalue weighted by molar-refractivity contribution is 5.77. The zero-order chi connectivity index (χ0) is 24.8. The maximum atomic E-state index is 12.1. The van der Waals surface area contributed by atoms with Crippen molar-refractivity contribution in [3.05, 3.63) is 59.7 Å². The van der Waals surface area contributed by atoms with Crippen LogP contribution in [-0.2, 0) is 4.79 Å². The summed E-state index contributed by atoms with van der Waals surface area (Å²) in [5, 5.41) is 15.7. The first-order valence-electron chi connectivity index (χ1n) is 11.0. The average Bonchev–Trinajstić information content (AvgIpc) is 3.30. The maximum absolute atomic E-state index is 12.1. The lowest BCUT2D eigenvalue weighted by Gasteiger charge is -2.11. The highest BCUT2D eigenvalue weighted by Gasteiger charge is 2.14. The van der Waals surface area contributed by atoms with E-state index in [1.165, 1.54) is 0 Å². The van der Waals surface area contributed by atoms with Crippen molar-refractivity contribution in [1.82, 2.24) is 25.1 Å². The van der Waals surface area contributed by atoms with Crippen LogP contribution in [0.1, 0.15) is 11.1 Å². The summed E-state index contributed by atoms with van der Waals surface area (Å²) in [4.78, 5) is 12.1. The number of carbonyl (C=O) groups is 1. The molecule has 0 radical (unpaired) electrons. The fraction of sp³-hybridized carbons (Fsp3) is 0.280. The molecule has 2 aromatic heterocycles. The topological polar surface area (TPSA) is 109 Å². The second kappa shape index (κ2) is 10.7. The second-order valence-corrected chi connectivity index (χ2v) is 7.72. The molecule has 0 atom stereocenters. The van der Waals surface area contributed by atoms with Crippen molar-refractivity contribution in [1.29, 1.82) is 0 Å². The van der Waals surface area contributed by atoms with Crippen LogP contribution in [0.3, 0.4) is 0 Å². The molecule has 2 heterocycles. The smallest absolute Gasteiger partial charge is 0.258 e. The van der Waals surface area contributed by atoms with Gasteiger partial charge in [0, 0.05) is 11.6 Å². The zero-order valence-electron chi connectivity index (χ0n) is 20.1. The van der Waals surface area contributed by atoms with Crippen molar-refractivity contribution >= 4 is 11.6 Å². The predicted octanol–water partition coefficient (Wildman–Crippen LogP) is 3.00. The molecule has 0 bridgehead atoms. The molecular weight excluding hydrogens is 450 g/mol. The van der Waals surface area contributed by atoms with Crippen molar-refractivity contribution in [2.24, 2.45) is 0 Å². The van der Waals surface area contributed by atoms with Crippen LogP contribution in [-0.4, -0.2) is 59.7 Å². The number of methoxy groups -OCH3 is 2. The van der Waals surface area contributed by atoms with Gasteiger partial charge in [0.1, 0.15) is 12.4 Å². The monoisotopic (exact) mass is 477 g/mol. The van der Waals surface area contributed by atoms with Gasteiger partial charge in [-0.3, -0.25) is 4.79 Å². The number of hydrogen-bond donors (Lipinski definition) is 1. The average molecular weight is 478 g/mol. The zero-order valence-corrected chi connectivity index (χ0v) is 20.1. The molecule has 0 aliphatic carbocycles. The number of hydrogen-bond acceptors (Lipinski definition) is 8. The summed E-state index contributed by atoms with van der Waals surface area (Å²) in [5.41, 5.74) is 3.46. The normalized spacial score (nSPS) is 10.7. The molecule has 0 spiro atoms. The van der Waals surface area contributed by atoms with Crippen molar-refractivity contribution in [2.45, 2.75) is 13.8 Å². The summed E-state index contributed by atoms with van der Waals surface area (Å²) in [5.74, 6) is 2.57. The molecule has 4 rings (SSSR count). The van der Waals surface area contributed by atoms with E-state index < -0.39 is 0 Å². The van der Waals surface area contributed by atoms with Crippen LogP contribution in [0.5, 0.6) is 23.1 Å². The summed E-state index contributed by atoms with van der Waals surface area (Å²) >= 11 is 0. The highest BCUT2D eigenvalue weighted by atomic mass is 16.5. The van der Waals surface area contributed by atoms with Gasteiger partial charge in [-0.15, -0.1) is 15.3 Å². The second-order valence-electron chi connectivity index (χ2n) is 7.72. The number of aromatic nitrogens is 4. The Hall–Kier alpha value is -4.34. The molecule has 35 heavy (non-hydrogen) atoms. The van der Waals surface area contributed by atoms with E-state index in [4.69, 9.17) is 18.9 Å². The van der Waals surface area contributed by atoms with E-state index in [1.54, 1.807) is 43.0 Å². The molecular formula is C25H27N5O5. The number of nitrogens with zero attached hydrogens (tertiary/aromatic N) is 4. The standard InChI is InChI=1S/C25H27N5O5/c1-16-6-5-7-19(17(16)2)35-15-23(31)26-12-13-34-24-11-10-22-27-28-25(30(22)29-24)18-8-9-20(32-3)21(14-18)33-4/h5-11,14H,12-13,15H2,1-4H3,(H,26,31). The predicted molar refractivity (Wildman–Crippen MR) is 129 cm³/mol.